The first-order valence-electron chi connectivity index (χ1n) is 24.0. The Morgan fingerprint density at radius 1 is 0.842 bits per heavy atom. The number of carbonyl (C=O) groups is 4. The highest BCUT2D eigenvalue weighted by Crippen LogP contribution is 2.44. The number of carbonyl (C=O) groups excluding carboxylic acids is 4. The fraction of sp³-hybridized carbons (Fsp3) is 0.246. The molecule has 0 radical (unpaired) electrons. The highest BCUT2D eigenvalue weighted by Gasteiger charge is 2.55. The van der Waals surface area contributed by atoms with E-state index in [4.69, 9.17) is 24.0 Å². The molecule has 2 aliphatic heterocycles. The first-order chi connectivity index (χ1) is 36.4. The predicted octanol–water partition coefficient (Wildman–Crippen LogP) is 10.3. The van der Waals surface area contributed by atoms with Gasteiger partial charge in [0.1, 0.15) is 52.1 Å². The molecule has 2 aromatic heterocycles. The Morgan fingerprint density at radius 3 is 2.08 bits per heavy atom. The number of thiazole rings is 1. The number of amides is 2. The summed E-state index contributed by atoms with van der Waals surface area (Å²) in [7, 11) is 1.55. The van der Waals surface area contributed by atoms with E-state index in [9.17, 15) is 28.4 Å². The summed E-state index contributed by atoms with van der Waals surface area (Å²) in [6.07, 6.45) is 0. The van der Waals surface area contributed by atoms with Gasteiger partial charge < -0.3 is 29.7 Å². The Hall–Kier alpha value is -7.32. The van der Waals surface area contributed by atoms with Crippen molar-refractivity contribution >= 4 is 90.9 Å². The second-order valence-electron chi connectivity index (χ2n) is 19.2. The molecular formula is C57H52FN5O9S4. The number of halogens is 1. The van der Waals surface area contributed by atoms with E-state index in [1.807, 2.05) is 91.0 Å². The zero-order chi connectivity index (χ0) is 53.8. The molecule has 2 amide bonds. The van der Waals surface area contributed by atoms with Gasteiger partial charge in [0.05, 0.1) is 11.3 Å². The zero-order valence-electron chi connectivity index (χ0n) is 42.2. The number of thioether (sulfide) groups is 2. The molecule has 9 rings (SSSR count). The molecule has 2 atom stereocenters. The Balaban J connectivity index is 1.03. The van der Waals surface area contributed by atoms with Gasteiger partial charge in [-0.1, -0.05) is 108 Å². The molecule has 4 heterocycles. The normalized spacial score (nSPS) is 15.9. The average Bonchev–Trinajstić information content (AvgIpc) is 3.97. The molecule has 19 heteroatoms. The topological polar surface area (TPSA) is 175 Å². The molecule has 5 aromatic carbocycles. The lowest BCUT2D eigenvalue weighted by atomic mass is 9.77. The summed E-state index contributed by atoms with van der Waals surface area (Å²) < 4.78 is 32.0. The van der Waals surface area contributed by atoms with Gasteiger partial charge in [0.2, 0.25) is 5.60 Å². The van der Waals surface area contributed by atoms with Crippen LogP contribution in [0.25, 0.3) is 10.1 Å². The van der Waals surface area contributed by atoms with Crippen LogP contribution in [-0.4, -0.2) is 80.6 Å². The SMILES string of the molecule is COc1ccc(COC(=O)C2=C(CSc3cc(=O)c4ccc(F)cc4s3)CS[C@H]3C(NC(=O)/C(=N\OC(C)(C)C(=O)OC(C)(C)C)c4csc(NC(c5ccccc5)(c5ccccc5)c5ccccc5)n4)C(=O)N23)cc1. The van der Waals surface area contributed by atoms with Crippen molar-refractivity contribution in [3.8, 4) is 5.75 Å². The Morgan fingerprint density at radius 2 is 1.47 bits per heavy atom. The zero-order valence-corrected chi connectivity index (χ0v) is 45.4. The number of aromatic nitrogens is 1. The summed E-state index contributed by atoms with van der Waals surface area (Å²) in [6.45, 7) is 7.97. The standard InChI is InChI=1S/C57H52FN5O9S4/c1-55(2,3)71-53(68)56(4,5)72-62-46(42-33-75-54(59-42)61-57(36-16-10-7-11-17-36,37-18-12-8-13-19-37)38-20-14-9-15-21-38)49(65)60-47-50(66)63-48(52(67)70-30-34-22-25-40(69-6)26-23-34)35(32-74-51(47)63)31-73-45-29-43(64)41-27-24-39(58)28-44(41)76-45/h7-29,33,47,51H,30-32H2,1-6H3,(H,59,61)(H,60,65)/b62-46-/t47?,51-/m0/s1. The van der Waals surface area contributed by atoms with Gasteiger partial charge in [0.15, 0.2) is 16.3 Å². The van der Waals surface area contributed by atoms with E-state index in [2.05, 4.69) is 15.8 Å². The van der Waals surface area contributed by atoms with Crippen molar-refractivity contribution in [2.45, 2.75) is 73.6 Å². The maximum Gasteiger partial charge on any atom is 0.355 e. The fourth-order valence-corrected chi connectivity index (χ4v) is 12.9. The van der Waals surface area contributed by atoms with Crippen molar-refractivity contribution in [3.63, 3.8) is 0 Å². The van der Waals surface area contributed by atoms with Crippen LogP contribution in [0.1, 0.15) is 62.6 Å². The number of nitrogens with one attached hydrogen (secondary N) is 2. The molecule has 0 aliphatic carbocycles. The third-order valence-electron chi connectivity index (χ3n) is 12.2. The van der Waals surface area contributed by atoms with Crippen molar-refractivity contribution in [2.75, 3.05) is 23.9 Å². The van der Waals surface area contributed by atoms with Crippen LogP contribution in [0, 0.1) is 5.82 Å². The minimum Gasteiger partial charge on any atom is -0.497 e. The second-order valence-corrected chi connectivity index (χ2v) is 23.5. The highest BCUT2D eigenvalue weighted by atomic mass is 32.2. The van der Waals surface area contributed by atoms with Crippen molar-refractivity contribution in [1.29, 1.82) is 0 Å². The van der Waals surface area contributed by atoms with Crippen LogP contribution in [-0.2, 0) is 45.6 Å². The maximum atomic E-state index is 14.8. The molecule has 2 aliphatic rings. The first-order valence-corrected chi connectivity index (χ1v) is 27.7. The molecule has 390 valence electrons. The highest BCUT2D eigenvalue weighted by molar-refractivity contribution is 8.02. The van der Waals surface area contributed by atoms with E-state index in [0.717, 1.165) is 16.7 Å². The monoisotopic (exact) mass is 1100 g/mol. The minimum absolute atomic E-state index is 0.0183. The van der Waals surface area contributed by atoms with Crippen LogP contribution in [0.3, 0.4) is 0 Å². The maximum absolute atomic E-state index is 14.8. The summed E-state index contributed by atoms with van der Waals surface area (Å²) >= 11 is 5.06. The lowest BCUT2D eigenvalue weighted by Gasteiger charge is -2.49. The van der Waals surface area contributed by atoms with Crippen LogP contribution < -0.4 is 20.8 Å². The Labute approximate surface area is 454 Å². The lowest BCUT2D eigenvalue weighted by Crippen LogP contribution is -2.71. The first kappa shape index (κ1) is 53.5. The number of hydrogen-bond donors (Lipinski definition) is 2. The molecule has 0 spiro atoms. The molecule has 2 N–H and O–H groups in total. The minimum atomic E-state index is -1.68. The molecular weight excluding hydrogens is 1050 g/mol. The van der Waals surface area contributed by atoms with E-state index in [-0.39, 0.29) is 40.6 Å². The second kappa shape index (κ2) is 22.5. The molecule has 1 unspecified atom stereocenters. The van der Waals surface area contributed by atoms with E-state index in [1.54, 1.807) is 57.5 Å². The molecule has 0 bridgehead atoms. The van der Waals surface area contributed by atoms with Crippen LogP contribution in [0.2, 0.25) is 0 Å². The third-order valence-corrected chi connectivity index (χ3v) is 16.7. The van der Waals surface area contributed by atoms with E-state index in [0.29, 0.717) is 36.3 Å². The summed E-state index contributed by atoms with van der Waals surface area (Å²) in [5.41, 5.74) is -0.0429. The van der Waals surface area contributed by atoms with Crippen LogP contribution in [0.5, 0.6) is 5.75 Å². The van der Waals surface area contributed by atoms with Crippen molar-refractivity contribution in [3.05, 3.63) is 200 Å². The number of fused-ring (bicyclic) bond motifs is 2. The van der Waals surface area contributed by atoms with Gasteiger partial charge in [0, 0.05) is 33.0 Å². The third kappa shape index (κ3) is 11.6. The Bertz CT molecular complexity index is 3320. The Kier molecular flexibility index (Phi) is 15.8. The molecule has 1 fully saturated rings. The summed E-state index contributed by atoms with van der Waals surface area (Å²) in [5.74, 6) is -2.34. The largest absolute Gasteiger partial charge is 0.497 e. The van der Waals surface area contributed by atoms with Crippen LogP contribution in [0.4, 0.5) is 9.52 Å². The molecule has 14 nitrogen and oxygen atoms in total. The van der Waals surface area contributed by atoms with E-state index >= 15 is 0 Å². The van der Waals surface area contributed by atoms with Gasteiger partial charge in [-0.25, -0.2) is 19.0 Å². The number of rotatable bonds is 18. The van der Waals surface area contributed by atoms with Gasteiger partial charge in [-0.05, 0) is 92.8 Å². The molecule has 7 aromatic rings. The predicted molar refractivity (Wildman–Crippen MR) is 296 cm³/mol. The van der Waals surface area contributed by atoms with Crippen LogP contribution in [0.15, 0.2) is 170 Å². The number of nitrogens with zero attached hydrogens (tertiary/aromatic N) is 3. The number of benzene rings is 5. The van der Waals surface area contributed by atoms with Gasteiger partial charge in [-0.3, -0.25) is 19.3 Å². The molecule has 76 heavy (non-hydrogen) atoms. The van der Waals surface area contributed by atoms with Gasteiger partial charge in [-0.2, -0.15) is 0 Å². The van der Waals surface area contributed by atoms with Gasteiger partial charge in [0.25, 0.3) is 11.8 Å². The fourth-order valence-electron chi connectivity index (χ4n) is 8.45. The van der Waals surface area contributed by atoms with Gasteiger partial charge >= 0.3 is 11.9 Å². The van der Waals surface area contributed by atoms with Gasteiger partial charge in [-0.15, -0.1) is 46.2 Å². The molecule has 1 saturated heterocycles. The summed E-state index contributed by atoms with van der Waals surface area (Å²) in [6, 6.07) is 41.1. The number of hydrogen-bond acceptors (Lipinski definition) is 16. The quantitative estimate of drug-likeness (QED) is 0.0208. The van der Waals surface area contributed by atoms with E-state index in [1.165, 1.54) is 89.2 Å². The number of β-lactam (4-membered cyclic amide) rings is 1. The van der Waals surface area contributed by atoms with Crippen molar-refractivity contribution in [1.82, 2.24) is 15.2 Å². The number of ether oxygens (including phenoxy) is 3. The summed E-state index contributed by atoms with van der Waals surface area (Å²) in [5, 5.41) is 12.5. The molecule has 0 saturated carbocycles. The van der Waals surface area contributed by atoms with Crippen LogP contribution >= 0.6 is 46.2 Å². The van der Waals surface area contributed by atoms with Crippen molar-refractivity contribution < 1.29 is 42.6 Å². The summed E-state index contributed by atoms with van der Waals surface area (Å²) in [4.78, 5) is 82.1. The smallest absolute Gasteiger partial charge is 0.355 e. The number of oxime groups is 1. The number of anilines is 1. The average molecular weight is 1100 g/mol. The van der Waals surface area contributed by atoms with E-state index < -0.39 is 57.7 Å². The van der Waals surface area contributed by atoms with Crippen molar-refractivity contribution in [2.24, 2.45) is 5.16 Å². The lowest BCUT2D eigenvalue weighted by molar-refractivity contribution is -0.179. The number of methoxy groups -OCH3 is 1. The number of esters is 2.